The lowest BCUT2D eigenvalue weighted by atomic mass is 10.1. The number of carbonyl (C=O) groups is 1. The number of halogens is 1. The fourth-order valence-corrected chi connectivity index (χ4v) is 4.04. The van der Waals surface area contributed by atoms with Crippen LogP contribution in [0, 0.1) is 0 Å². The molecule has 0 atom stereocenters. The zero-order valence-electron chi connectivity index (χ0n) is 15.4. The van der Waals surface area contributed by atoms with Crippen molar-refractivity contribution >= 4 is 23.2 Å². The van der Waals surface area contributed by atoms with E-state index in [0.717, 1.165) is 57.2 Å². The lowest BCUT2D eigenvalue weighted by Gasteiger charge is -2.29. The Labute approximate surface area is 164 Å². The molecule has 2 heterocycles. The zero-order chi connectivity index (χ0) is 18.6. The van der Waals surface area contributed by atoms with Gasteiger partial charge < -0.3 is 19.9 Å². The van der Waals surface area contributed by atoms with Gasteiger partial charge in [0, 0.05) is 22.7 Å². The van der Waals surface area contributed by atoms with Crippen molar-refractivity contribution in [1.29, 1.82) is 0 Å². The normalized spacial score (nSPS) is 21.4. The maximum absolute atomic E-state index is 12.3. The van der Waals surface area contributed by atoms with Gasteiger partial charge in [-0.2, -0.15) is 0 Å². The molecule has 142 valence electrons. The van der Waals surface area contributed by atoms with Gasteiger partial charge in [0.05, 0.1) is 6.61 Å². The van der Waals surface area contributed by atoms with Crippen LogP contribution in [0.4, 0.5) is 5.69 Å². The van der Waals surface area contributed by atoms with E-state index in [4.69, 9.17) is 16.3 Å². The molecule has 0 aliphatic carbocycles. The number of hydrogen-bond acceptors (Lipinski definition) is 2. The van der Waals surface area contributed by atoms with Crippen molar-refractivity contribution < 1.29 is 19.3 Å². The quantitative estimate of drug-likeness (QED) is 0.686. The molecule has 2 aliphatic heterocycles. The minimum absolute atomic E-state index is 0.0643. The summed E-state index contributed by atoms with van der Waals surface area (Å²) in [6.45, 7) is 6.62. The lowest BCUT2D eigenvalue weighted by Crippen LogP contribution is -3.28. The zero-order valence-corrected chi connectivity index (χ0v) is 16.1. The molecule has 0 aromatic heterocycles. The van der Waals surface area contributed by atoms with Crippen molar-refractivity contribution in [2.75, 3.05) is 44.6 Å². The molecule has 5 nitrogen and oxygen atoms in total. The Balaban J connectivity index is 1.23. The van der Waals surface area contributed by atoms with Crippen molar-refractivity contribution in [3.8, 4) is 5.75 Å². The Morgan fingerprint density at radius 3 is 2.56 bits per heavy atom. The molecular weight excluding hydrogens is 362 g/mol. The van der Waals surface area contributed by atoms with Gasteiger partial charge in [0.2, 0.25) is 0 Å². The molecule has 0 bridgehead atoms. The average molecular weight is 388 g/mol. The van der Waals surface area contributed by atoms with E-state index in [2.05, 4.69) is 23.5 Å². The first-order chi connectivity index (χ1) is 13.2. The summed E-state index contributed by atoms with van der Waals surface area (Å²) >= 11 is 5.88. The van der Waals surface area contributed by atoms with Gasteiger partial charge >= 0.3 is 0 Å². The van der Waals surface area contributed by atoms with Crippen LogP contribution in [0.15, 0.2) is 42.5 Å². The molecule has 1 amide bonds. The number of benzene rings is 2. The van der Waals surface area contributed by atoms with E-state index in [0.29, 0.717) is 11.6 Å². The van der Waals surface area contributed by atoms with E-state index in [1.807, 2.05) is 12.1 Å². The molecule has 0 radical (unpaired) electrons. The van der Waals surface area contributed by atoms with E-state index >= 15 is 0 Å². The summed E-state index contributed by atoms with van der Waals surface area (Å²) in [6.07, 6.45) is 1.03. The van der Waals surface area contributed by atoms with Gasteiger partial charge in [-0.15, -0.1) is 0 Å². The first-order valence-electron chi connectivity index (χ1n) is 9.63. The highest BCUT2D eigenvalue weighted by molar-refractivity contribution is 6.30. The van der Waals surface area contributed by atoms with Crippen LogP contribution in [-0.4, -0.2) is 45.2 Å². The average Bonchev–Trinajstić information content (AvgIpc) is 3.13. The Kier molecular flexibility index (Phi) is 5.62. The number of anilines is 1. The number of hydrogen-bond donors (Lipinski definition) is 3. The Morgan fingerprint density at radius 1 is 1.04 bits per heavy atom. The summed E-state index contributed by atoms with van der Waals surface area (Å²) < 4.78 is 5.59. The van der Waals surface area contributed by atoms with Crippen LogP contribution in [-0.2, 0) is 17.8 Å². The number of carbonyl (C=O) groups excluding carboxylic acids is 1. The highest BCUT2D eigenvalue weighted by atomic mass is 35.5. The van der Waals surface area contributed by atoms with Gasteiger partial charge in [0.1, 0.15) is 38.5 Å². The molecule has 1 saturated heterocycles. The van der Waals surface area contributed by atoms with Crippen molar-refractivity contribution in [3.63, 3.8) is 0 Å². The molecule has 3 N–H and O–H groups in total. The maximum Gasteiger partial charge on any atom is 0.279 e. The summed E-state index contributed by atoms with van der Waals surface area (Å²) in [6, 6.07) is 13.8. The van der Waals surface area contributed by atoms with Crippen molar-refractivity contribution in [1.82, 2.24) is 0 Å². The Hall–Kier alpha value is -2.08. The second kappa shape index (κ2) is 8.30. The summed E-state index contributed by atoms with van der Waals surface area (Å²) in [5.41, 5.74) is 3.53. The standard InChI is InChI=1S/C21H24ClN3O2/c22-18-2-4-19(5-3-18)23-21(26)15-25-10-8-24(9-11-25)14-16-1-6-20-17(13-16)7-12-27-20/h1-6,13H,7-12,14-15H2,(H,23,26)/p+2. The fourth-order valence-electron chi connectivity index (χ4n) is 3.91. The van der Waals surface area contributed by atoms with Crippen LogP contribution in [0.3, 0.4) is 0 Å². The predicted octanol–water partition coefficient (Wildman–Crippen LogP) is 0.197. The minimum Gasteiger partial charge on any atom is -0.493 e. The van der Waals surface area contributed by atoms with E-state index in [1.54, 1.807) is 17.0 Å². The van der Waals surface area contributed by atoms with Gasteiger partial charge in [-0.1, -0.05) is 11.6 Å². The van der Waals surface area contributed by atoms with Crippen molar-refractivity contribution in [3.05, 3.63) is 58.6 Å². The number of rotatable bonds is 5. The topological polar surface area (TPSA) is 47.2 Å². The molecule has 2 aromatic rings. The highest BCUT2D eigenvalue weighted by Gasteiger charge is 2.25. The smallest absolute Gasteiger partial charge is 0.279 e. The monoisotopic (exact) mass is 387 g/mol. The lowest BCUT2D eigenvalue weighted by molar-refractivity contribution is -1.02. The van der Waals surface area contributed by atoms with Crippen LogP contribution < -0.4 is 19.9 Å². The third-order valence-corrected chi connectivity index (χ3v) is 5.66. The van der Waals surface area contributed by atoms with Crippen LogP contribution in [0.2, 0.25) is 5.02 Å². The van der Waals surface area contributed by atoms with Gasteiger partial charge in [-0.05, 0) is 48.0 Å². The second-order valence-electron chi connectivity index (χ2n) is 7.45. The predicted molar refractivity (Wildman–Crippen MR) is 106 cm³/mol. The number of nitrogens with one attached hydrogen (secondary N) is 3. The molecular formula is C21H26ClN3O2+2. The molecule has 2 aromatic carbocycles. The SMILES string of the molecule is O=C(C[NH+]1CC[NH+](Cc2ccc3c(c2)CCO3)CC1)Nc1ccc(Cl)cc1. The first kappa shape index (κ1) is 18.3. The van der Waals surface area contributed by atoms with Gasteiger partial charge in [0.15, 0.2) is 6.54 Å². The maximum atomic E-state index is 12.3. The highest BCUT2D eigenvalue weighted by Crippen LogP contribution is 2.25. The van der Waals surface area contributed by atoms with Gasteiger partial charge in [-0.25, -0.2) is 0 Å². The summed E-state index contributed by atoms with van der Waals surface area (Å²) in [5.74, 6) is 1.11. The molecule has 0 spiro atoms. The second-order valence-corrected chi connectivity index (χ2v) is 7.89. The summed E-state index contributed by atoms with van der Waals surface area (Å²) in [7, 11) is 0. The van der Waals surface area contributed by atoms with Gasteiger partial charge in [0.25, 0.3) is 5.91 Å². The number of amides is 1. The van der Waals surface area contributed by atoms with Gasteiger partial charge in [-0.3, -0.25) is 4.79 Å². The van der Waals surface area contributed by atoms with Crippen molar-refractivity contribution in [2.24, 2.45) is 0 Å². The fraction of sp³-hybridized carbons (Fsp3) is 0.381. The van der Waals surface area contributed by atoms with Crippen LogP contribution in [0.5, 0.6) is 5.75 Å². The molecule has 27 heavy (non-hydrogen) atoms. The number of fused-ring (bicyclic) bond motifs is 1. The Morgan fingerprint density at radius 2 is 1.78 bits per heavy atom. The minimum atomic E-state index is 0.0643. The molecule has 1 fully saturated rings. The van der Waals surface area contributed by atoms with Crippen molar-refractivity contribution in [2.45, 2.75) is 13.0 Å². The van der Waals surface area contributed by atoms with Crippen LogP contribution in [0.1, 0.15) is 11.1 Å². The molecule has 2 aliphatic rings. The van der Waals surface area contributed by atoms with Crippen LogP contribution >= 0.6 is 11.6 Å². The Bertz CT molecular complexity index is 802. The van der Waals surface area contributed by atoms with E-state index in [1.165, 1.54) is 16.0 Å². The number of quaternary nitrogens is 2. The number of piperazine rings is 1. The third kappa shape index (κ3) is 4.80. The summed E-state index contributed by atoms with van der Waals surface area (Å²) in [5, 5.41) is 3.63. The van der Waals surface area contributed by atoms with E-state index in [-0.39, 0.29) is 5.91 Å². The third-order valence-electron chi connectivity index (χ3n) is 5.41. The molecule has 6 heteroatoms. The molecule has 4 rings (SSSR count). The molecule has 0 saturated carbocycles. The number of ether oxygens (including phenoxy) is 1. The molecule has 0 unspecified atom stereocenters. The first-order valence-corrected chi connectivity index (χ1v) is 10.0. The summed E-state index contributed by atoms with van der Waals surface area (Å²) in [4.78, 5) is 15.2. The van der Waals surface area contributed by atoms with E-state index < -0.39 is 0 Å². The largest absolute Gasteiger partial charge is 0.493 e. The van der Waals surface area contributed by atoms with E-state index in [9.17, 15) is 4.79 Å². The van der Waals surface area contributed by atoms with Crippen LogP contribution in [0.25, 0.3) is 0 Å².